The molecule has 1 amide bonds. The summed E-state index contributed by atoms with van der Waals surface area (Å²) in [5, 5.41) is 22.1. The topological polar surface area (TPSA) is 87.0 Å². The number of aryl methyl sites for hydroxylation is 1. The number of carbonyl (C=O) groups is 1. The molecular weight excluding hydrogens is 306 g/mol. The molecule has 0 bridgehead atoms. The van der Waals surface area contributed by atoms with Crippen molar-refractivity contribution < 1.29 is 9.90 Å². The van der Waals surface area contributed by atoms with E-state index in [1.54, 1.807) is 4.90 Å². The number of aromatic amines is 1. The van der Waals surface area contributed by atoms with Crippen LogP contribution in [0.1, 0.15) is 17.8 Å². The Labute approximate surface area is 138 Å². The second-order valence-corrected chi connectivity index (χ2v) is 6.38. The maximum Gasteiger partial charge on any atom is 0.242 e. The van der Waals surface area contributed by atoms with Crippen LogP contribution in [-0.2, 0) is 16.9 Å². The van der Waals surface area contributed by atoms with Crippen molar-refractivity contribution in [3.63, 3.8) is 0 Å². The molecule has 1 unspecified atom stereocenters. The molecule has 2 N–H and O–H groups in total. The number of hydrogen-bond acceptors (Lipinski definition) is 4. The highest BCUT2D eigenvalue weighted by Crippen LogP contribution is 2.30. The zero-order chi connectivity index (χ0) is 16.7. The van der Waals surface area contributed by atoms with E-state index in [4.69, 9.17) is 0 Å². The lowest BCUT2D eigenvalue weighted by atomic mass is 10.0. The summed E-state index contributed by atoms with van der Waals surface area (Å²) in [4.78, 5) is 14.4. The van der Waals surface area contributed by atoms with E-state index in [1.807, 2.05) is 35.8 Å². The molecular formula is C17H19N5O2. The Hall–Kier alpha value is -2.67. The summed E-state index contributed by atoms with van der Waals surface area (Å²) < 4.78 is 2.02. The van der Waals surface area contributed by atoms with Gasteiger partial charge < -0.3 is 14.6 Å². The first kappa shape index (κ1) is 14.9. The van der Waals surface area contributed by atoms with Crippen LogP contribution in [0.5, 0.6) is 0 Å². The molecule has 1 aromatic carbocycles. The Bertz CT molecular complexity index is 886. The van der Waals surface area contributed by atoms with Crippen LogP contribution >= 0.6 is 0 Å². The van der Waals surface area contributed by atoms with E-state index in [0.29, 0.717) is 18.7 Å². The van der Waals surface area contributed by atoms with E-state index < -0.39 is 5.60 Å². The van der Waals surface area contributed by atoms with Gasteiger partial charge >= 0.3 is 0 Å². The fourth-order valence-corrected chi connectivity index (χ4v) is 3.44. The molecule has 124 valence electrons. The number of nitrogens with zero attached hydrogens (tertiary/aromatic N) is 4. The number of carbonyl (C=O) groups excluding carboxylic acids is 1. The van der Waals surface area contributed by atoms with Crippen LogP contribution in [0.2, 0.25) is 0 Å². The molecule has 7 nitrogen and oxygen atoms in total. The van der Waals surface area contributed by atoms with Crippen molar-refractivity contribution in [2.24, 2.45) is 0 Å². The quantitative estimate of drug-likeness (QED) is 0.757. The Morgan fingerprint density at radius 2 is 2.25 bits per heavy atom. The summed E-state index contributed by atoms with van der Waals surface area (Å²) >= 11 is 0. The normalized spacial score (nSPS) is 20.8. The third-order valence-corrected chi connectivity index (χ3v) is 4.80. The van der Waals surface area contributed by atoms with Gasteiger partial charge in [-0.25, -0.2) is 0 Å². The summed E-state index contributed by atoms with van der Waals surface area (Å²) in [6.45, 7) is 3.04. The van der Waals surface area contributed by atoms with Gasteiger partial charge in [0.05, 0.1) is 12.7 Å². The van der Waals surface area contributed by atoms with Crippen LogP contribution in [0.15, 0.2) is 36.5 Å². The first-order chi connectivity index (χ1) is 11.6. The van der Waals surface area contributed by atoms with Crippen molar-refractivity contribution in [2.75, 3.05) is 13.1 Å². The fraction of sp³-hybridized carbons (Fsp3) is 0.353. The molecule has 0 saturated carbocycles. The molecule has 2 aromatic heterocycles. The van der Waals surface area contributed by atoms with Gasteiger partial charge in [-0.2, -0.15) is 15.4 Å². The summed E-state index contributed by atoms with van der Waals surface area (Å²) in [6, 6.07) is 10.1. The molecule has 3 heterocycles. The van der Waals surface area contributed by atoms with E-state index in [-0.39, 0.29) is 19.0 Å². The van der Waals surface area contributed by atoms with E-state index in [9.17, 15) is 9.90 Å². The second-order valence-electron chi connectivity index (χ2n) is 6.38. The first-order valence-corrected chi connectivity index (χ1v) is 7.98. The van der Waals surface area contributed by atoms with Gasteiger partial charge in [-0.05, 0) is 24.4 Å². The smallest absolute Gasteiger partial charge is 0.242 e. The molecule has 0 radical (unpaired) electrons. The molecule has 1 aliphatic heterocycles. The zero-order valence-corrected chi connectivity index (χ0v) is 13.4. The highest BCUT2D eigenvalue weighted by Gasteiger charge is 2.41. The first-order valence-electron chi connectivity index (χ1n) is 7.98. The Kier molecular flexibility index (Phi) is 3.38. The molecule has 1 saturated heterocycles. The number of nitrogens with one attached hydrogen (secondary N) is 1. The number of likely N-dealkylation sites (tertiary alicyclic amines) is 1. The number of β-amino-alcohol motifs (C(OH)–C–C–N with tert-alkyl or cyclic N) is 1. The lowest BCUT2D eigenvalue weighted by Crippen LogP contribution is -2.36. The van der Waals surface area contributed by atoms with Crippen molar-refractivity contribution >= 4 is 16.8 Å². The minimum Gasteiger partial charge on any atom is -0.381 e. The fourth-order valence-electron chi connectivity index (χ4n) is 3.44. The summed E-state index contributed by atoms with van der Waals surface area (Å²) in [7, 11) is 0. The van der Waals surface area contributed by atoms with Gasteiger partial charge in [-0.1, -0.05) is 18.2 Å². The van der Waals surface area contributed by atoms with Crippen LogP contribution < -0.4 is 0 Å². The van der Waals surface area contributed by atoms with Crippen molar-refractivity contribution in [1.82, 2.24) is 24.9 Å². The maximum atomic E-state index is 12.7. The molecule has 1 fully saturated rings. The van der Waals surface area contributed by atoms with Crippen LogP contribution in [0.3, 0.4) is 0 Å². The van der Waals surface area contributed by atoms with Crippen LogP contribution in [-0.4, -0.2) is 49.0 Å². The number of para-hydroxylation sites is 1. The number of benzene rings is 1. The molecule has 4 rings (SSSR count). The number of fused-ring (bicyclic) bond motifs is 1. The van der Waals surface area contributed by atoms with Crippen LogP contribution in [0.4, 0.5) is 0 Å². The molecule has 7 heteroatoms. The summed E-state index contributed by atoms with van der Waals surface area (Å²) in [6.07, 6.45) is 1.98. The predicted octanol–water partition coefficient (Wildman–Crippen LogP) is 1.19. The molecule has 3 aromatic rings. The molecule has 24 heavy (non-hydrogen) atoms. The number of H-pyrrole nitrogens is 1. The largest absolute Gasteiger partial charge is 0.381 e. The number of aromatic nitrogens is 4. The second kappa shape index (κ2) is 5.45. The summed E-state index contributed by atoms with van der Waals surface area (Å²) in [5.74, 6) is -0.00104. The van der Waals surface area contributed by atoms with Crippen molar-refractivity contribution in [3.05, 3.63) is 47.9 Å². The Morgan fingerprint density at radius 3 is 3.04 bits per heavy atom. The number of rotatable bonds is 3. The van der Waals surface area contributed by atoms with Gasteiger partial charge in [0.25, 0.3) is 0 Å². The third-order valence-electron chi connectivity index (χ3n) is 4.80. The Morgan fingerprint density at radius 1 is 1.42 bits per heavy atom. The lowest BCUT2D eigenvalue weighted by molar-refractivity contribution is -0.131. The standard InChI is InChI=1S/C17H19N5O2/c1-12-8-13-4-2-3-5-14(13)22(12)10-16(23)21-7-6-17(24,11-21)15-9-18-20-19-15/h2-5,8-9,24H,6-7,10-11H2,1H3,(H,18,19,20). The van der Waals surface area contributed by atoms with Gasteiger partial charge in [0, 0.05) is 24.2 Å². The highest BCUT2D eigenvalue weighted by molar-refractivity contribution is 5.84. The van der Waals surface area contributed by atoms with Crippen molar-refractivity contribution in [1.29, 1.82) is 0 Å². The number of amides is 1. The van der Waals surface area contributed by atoms with E-state index in [1.165, 1.54) is 6.20 Å². The minimum absolute atomic E-state index is 0.00104. The molecule has 0 aliphatic carbocycles. The maximum absolute atomic E-state index is 12.7. The van der Waals surface area contributed by atoms with Crippen LogP contribution in [0.25, 0.3) is 10.9 Å². The predicted molar refractivity (Wildman–Crippen MR) is 88.2 cm³/mol. The van der Waals surface area contributed by atoms with Crippen LogP contribution in [0, 0.1) is 6.92 Å². The van der Waals surface area contributed by atoms with E-state index >= 15 is 0 Å². The van der Waals surface area contributed by atoms with Gasteiger partial charge in [0.15, 0.2) is 0 Å². The van der Waals surface area contributed by atoms with Crippen molar-refractivity contribution in [3.8, 4) is 0 Å². The molecule has 1 aliphatic rings. The summed E-state index contributed by atoms with van der Waals surface area (Å²) in [5.41, 5.74) is 1.47. The Balaban J connectivity index is 1.54. The molecule has 1 atom stereocenters. The average molecular weight is 325 g/mol. The van der Waals surface area contributed by atoms with Gasteiger partial charge in [-0.3, -0.25) is 4.79 Å². The SMILES string of the molecule is Cc1cc2ccccc2n1CC(=O)N1CCC(O)(c2cn[nH]n2)C1. The monoisotopic (exact) mass is 325 g/mol. The lowest BCUT2D eigenvalue weighted by Gasteiger charge is -2.21. The molecule has 0 spiro atoms. The van der Waals surface area contributed by atoms with Gasteiger partial charge in [0.2, 0.25) is 5.91 Å². The average Bonchev–Trinajstić information content (AvgIpc) is 3.28. The zero-order valence-electron chi connectivity index (χ0n) is 13.4. The van der Waals surface area contributed by atoms with Gasteiger partial charge in [-0.15, -0.1) is 0 Å². The number of aliphatic hydroxyl groups is 1. The van der Waals surface area contributed by atoms with E-state index in [2.05, 4.69) is 21.5 Å². The number of hydrogen-bond donors (Lipinski definition) is 2. The van der Waals surface area contributed by atoms with Gasteiger partial charge in [0.1, 0.15) is 17.8 Å². The third kappa shape index (κ3) is 2.37. The van der Waals surface area contributed by atoms with Crippen molar-refractivity contribution in [2.45, 2.75) is 25.5 Å². The highest BCUT2D eigenvalue weighted by atomic mass is 16.3. The minimum atomic E-state index is -1.11. The van der Waals surface area contributed by atoms with E-state index in [0.717, 1.165) is 16.6 Å².